The van der Waals surface area contributed by atoms with Gasteiger partial charge in [-0.25, -0.2) is 4.98 Å². The molecule has 0 radical (unpaired) electrons. The molecule has 0 aliphatic heterocycles. The number of halogens is 2. The number of non-ortho nitro benzene ring substituents is 1. The first-order valence-electron chi connectivity index (χ1n) is 10.6. The number of thiophene rings is 1. The number of carbonyl (C=O) groups excluding carboxylic acids is 1. The molecule has 34 heavy (non-hydrogen) atoms. The molecule has 4 aromatic rings. The molecule has 2 heterocycles. The monoisotopic (exact) mass is 538 g/mol. The van der Waals surface area contributed by atoms with Crippen LogP contribution in [0.4, 0.5) is 10.8 Å². The number of anilines is 1. The highest BCUT2D eigenvalue weighted by Gasteiger charge is 2.24. The van der Waals surface area contributed by atoms with Crippen LogP contribution in [0.1, 0.15) is 29.1 Å². The highest BCUT2D eigenvalue weighted by molar-refractivity contribution is 7.23. The Morgan fingerprint density at radius 3 is 2.50 bits per heavy atom. The summed E-state index contributed by atoms with van der Waals surface area (Å²) in [7, 11) is 0. The fraction of sp³-hybridized carbons (Fsp3) is 0.304. The van der Waals surface area contributed by atoms with E-state index in [1.165, 1.54) is 34.8 Å². The number of hydrogen-bond donors (Lipinski definition) is 0. The molecule has 2 aromatic heterocycles. The summed E-state index contributed by atoms with van der Waals surface area (Å²) in [6.07, 6.45) is 0. The molecule has 1 amide bonds. The molecule has 0 atom stereocenters. The Hall–Kier alpha value is -2.30. The summed E-state index contributed by atoms with van der Waals surface area (Å²) in [4.78, 5) is 33.7. The highest BCUT2D eigenvalue weighted by atomic mass is 35.5. The molecule has 0 unspecified atom stereocenters. The highest BCUT2D eigenvalue weighted by Crippen LogP contribution is 2.35. The second-order valence-corrected chi connectivity index (χ2v) is 10.2. The summed E-state index contributed by atoms with van der Waals surface area (Å²) in [6, 6.07) is 10.1. The molecule has 4 rings (SSSR count). The Morgan fingerprint density at radius 2 is 1.82 bits per heavy atom. The molecular weight excluding hydrogens is 515 g/mol. The second-order valence-electron chi connectivity index (χ2n) is 7.64. The van der Waals surface area contributed by atoms with Crippen molar-refractivity contribution < 1.29 is 9.72 Å². The van der Waals surface area contributed by atoms with Gasteiger partial charge in [-0.3, -0.25) is 19.8 Å². The smallest absolute Gasteiger partial charge is 0.270 e. The maximum absolute atomic E-state index is 13.7. The Morgan fingerprint density at radius 1 is 1.09 bits per heavy atom. The number of fused-ring (bicyclic) bond motifs is 2. The van der Waals surface area contributed by atoms with Gasteiger partial charge in [0.15, 0.2) is 5.13 Å². The van der Waals surface area contributed by atoms with E-state index in [2.05, 4.69) is 18.7 Å². The van der Waals surface area contributed by atoms with Crippen LogP contribution in [-0.4, -0.2) is 46.9 Å². The van der Waals surface area contributed by atoms with Crippen molar-refractivity contribution in [2.75, 3.05) is 31.1 Å². The van der Waals surface area contributed by atoms with Gasteiger partial charge in [0.05, 0.1) is 20.0 Å². The first kappa shape index (κ1) is 26.3. The average Bonchev–Trinajstić information content (AvgIpc) is 3.40. The Kier molecular flexibility index (Phi) is 8.48. The standard InChI is InChI=1S/C23H23ClN4O3S2.ClH/c1-4-26(5-2)8-9-27(23-25-21-14(3)10-16(24)13-19(21)33-23)22(29)20-12-15-11-17(28(30)31)6-7-18(15)32-20;/h6-7,10-13H,4-5,8-9H2,1-3H3;1H. The Balaban J connectivity index is 0.00000324. The third-order valence-corrected chi connectivity index (χ3v) is 7.92. The average molecular weight is 540 g/mol. The summed E-state index contributed by atoms with van der Waals surface area (Å²) in [5.74, 6) is -0.159. The van der Waals surface area contributed by atoms with Crippen LogP contribution in [0, 0.1) is 17.0 Å². The quantitative estimate of drug-likeness (QED) is 0.182. The van der Waals surface area contributed by atoms with E-state index in [0.717, 1.165) is 33.6 Å². The topological polar surface area (TPSA) is 79.6 Å². The number of nitrogens with zero attached hydrogens (tertiary/aromatic N) is 4. The van der Waals surface area contributed by atoms with Crippen LogP contribution < -0.4 is 4.90 Å². The van der Waals surface area contributed by atoms with Gasteiger partial charge in [-0.2, -0.15) is 0 Å². The molecular formula is C23H24Cl2N4O3S2. The van der Waals surface area contributed by atoms with Crippen molar-refractivity contribution >= 4 is 83.7 Å². The summed E-state index contributed by atoms with van der Waals surface area (Å²) in [5.41, 5.74) is 1.81. The SMILES string of the molecule is CCN(CC)CCN(C(=O)c1cc2cc([N+](=O)[O-])ccc2s1)c1nc2c(C)cc(Cl)cc2s1.Cl. The van der Waals surface area contributed by atoms with Gasteiger partial charge in [0.25, 0.3) is 11.6 Å². The zero-order chi connectivity index (χ0) is 23.7. The van der Waals surface area contributed by atoms with Crippen molar-refractivity contribution in [2.45, 2.75) is 20.8 Å². The molecule has 0 saturated heterocycles. The summed E-state index contributed by atoms with van der Waals surface area (Å²) in [5, 5.41) is 13.1. The van der Waals surface area contributed by atoms with E-state index in [9.17, 15) is 14.9 Å². The van der Waals surface area contributed by atoms with Gasteiger partial charge in [-0.05, 0) is 49.8 Å². The fourth-order valence-corrected chi connectivity index (χ4v) is 6.14. The van der Waals surface area contributed by atoms with E-state index in [1.807, 2.05) is 19.1 Å². The third kappa shape index (κ3) is 5.34. The van der Waals surface area contributed by atoms with Crippen LogP contribution in [0.15, 0.2) is 36.4 Å². The minimum atomic E-state index is -0.427. The molecule has 0 bridgehead atoms. The van der Waals surface area contributed by atoms with E-state index < -0.39 is 4.92 Å². The molecule has 0 aliphatic rings. The molecule has 11 heteroatoms. The number of carbonyl (C=O) groups is 1. The van der Waals surface area contributed by atoms with Crippen LogP contribution in [0.2, 0.25) is 5.02 Å². The molecule has 0 saturated carbocycles. The minimum Gasteiger partial charge on any atom is -0.302 e. The Labute approximate surface area is 216 Å². The number of nitro groups is 1. The van der Waals surface area contributed by atoms with Gasteiger partial charge >= 0.3 is 0 Å². The van der Waals surface area contributed by atoms with E-state index in [1.54, 1.807) is 17.0 Å². The number of aryl methyl sites for hydroxylation is 1. The summed E-state index contributed by atoms with van der Waals surface area (Å²) < 4.78 is 1.77. The summed E-state index contributed by atoms with van der Waals surface area (Å²) in [6.45, 7) is 9.12. The number of hydrogen-bond acceptors (Lipinski definition) is 7. The largest absolute Gasteiger partial charge is 0.302 e. The lowest BCUT2D eigenvalue weighted by Crippen LogP contribution is -2.38. The molecule has 0 aliphatic carbocycles. The number of rotatable bonds is 8. The molecule has 2 aromatic carbocycles. The van der Waals surface area contributed by atoms with Crippen molar-refractivity contribution in [3.05, 3.63) is 62.0 Å². The van der Waals surface area contributed by atoms with E-state index in [4.69, 9.17) is 16.6 Å². The van der Waals surface area contributed by atoms with Crippen LogP contribution in [-0.2, 0) is 0 Å². The zero-order valence-electron chi connectivity index (χ0n) is 18.9. The van der Waals surface area contributed by atoms with Crippen LogP contribution in [0.5, 0.6) is 0 Å². The number of aromatic nitrogens is 1. The summed E-state index contributed by atoms with van der Waals surface area (Å²) >= 11 is 9.02. The second kappa shape index (κ2) is 11.0. The van der Waals surface area contributed by atoms with Gasteiger partial charge in [-0.15, -0.1) is 23.7 Å². The van der Waals surface area contributed by atoms with Gasteiger partial charge in [0.1, 0.15) is 0 Å². The van der Waals surface area contributed by atoms with Crippen LogP contribution in [0.3, 0.4) is 0 Å². The van der Waals surface area contributed by atoms with Crippen molar-refractivity contribution in [1.29, 1.82) is 0 Å². The number of nitro benzene ring substituents is 1. The first-order valence-corrected chi connectivity index (χ1v) is 12.6. The molecule has 0 N–H and O–H groups in total. The molecule has 0 fully saturated rings. The number of amides is 1. The van der Waals surface area contributed by atoms with Gasteiger partial charge in [0.2, 0.25) is 0 Å². The predicted octanol–water partition coefficient (Wildman–Crippen LogP) is 6.79. The van der Waals surface area contributed by atoms with Gasteiger partial charge < -0.3 is 4.90 Å². The van der Waals surface area contributed by atoms with Gasteiger partial charge in [-0.1, -0.05) is 36.8 Å². The maximum atomic E-state index is 13.7. The zero-order valence-corrected chi connectivity index (χ0v) is 22.1. The number of thiazole rings is 1. The maximum Gasteiger partial charge on any atom is 0.270 e. The van der Waals surface area contributed by atoms with Crippen LogP contribution >= 0.6 is 46.7 Å². The third-order valence-electron chi connectivity index (χ3n) is 5.57. The van der Waals surface area contributed by atoms with Crippen LogP contribution in [0.25, 0.3) is 20.3 Å². The number of benzene rings is 2. The lowest BCUT2D eigenvalue weighted by atomic mass is 10.2. The fourth-order valence-electron chi connectivity index (χ4n) is 3.71. The Bertz CT molecular complexity index is 1350. The predicted molar refractivity (Wildman–Crippen MR) is 145 cm³/mol. The normalized spacial score (nSPS) is 11.2. The lowest BCUT2D eigenvalue weighted by molar-refractivity contribution is -0.384. The molecule has 0 spiro atoms. The molecule has 7 nitrogen and oxygen atoms in total. The first-order chi connectivity index (χ1) is 15.8. The number of likely N-dealkylation sites (N-methyl/N-ethyl adjacent to an activating group) is 1. The lowest BCUT2D eigenvalue weighted by Gasteiger charge is -2.24. The van der Waals surface area contributed by atoms with E-state index in [-0.39, 0.29) is 24.0 Å². The van der Waals surface area contributed by atoms with E-state index >= 15 is 0 Å². The van der Waals surface area contributed by atoms with Crippen molar-refractivity contribution in [3.63, 3.8) is 0 Å². The van der Waals surface area contributed by atoms with Crippen molar-refractivity contribution in [2.24, 2.45) is 0 Å². The van der Waals surface area contributed by atoms with Gasteiger partial charge in [0, 0.05) is 40.3 Å². The van der Waals surface area contributed by atoms with E-state index in [0.29, 0.717) is 33.5 Å². The van der Waals surface area contributed by atoms with Crippen molar-refractivity contribution in [3.8, 4) is 0 Å². The molecule has 180 valence electrons. The minimum absolute atomic E-state index is 0. The van der Waals surface area contributed by atoms with Crippen molar-refractivity contribution in [1.82, 2.24) is 9.88 Å².